The van der Waals surface area contributed by atoms with Crippen molar-refractivity contribution in [2.45, 2.75) is 65.6 Å². The zero-order chi connectivity index (χ0) is 31.6. The number of hydrogen-bond acceptors (Lipinski definition) is 3. The van der Waals surface area contributed by atoms with Crippen LogP contribution in [-0.4, -0.2) is 31.8 Å². The Balaban J connectivity index is 0.000000169. The predicted octanol–water partition coefficient (Wildman–Crippen LogP) is 9.12. The van der Waals surface area contributed by atoms with Crippen LogP contribution < -0.4 is 5.19 Å². The molecule has 5 nitrogen and oxygen atoms in total. The second-order valence-electron chi connectivity index (χ2n) is 14.1. The van der Waals surface area contributed by atoms with E-state index in [9.17, 15) is 0 Å². The molecule has 9 rings (SSSR count). The Morgan fingerprint density at radius 1 is 0.915 bits per heavy atom. The summed E-state index contributed by atoms with van der Waals surface area (Å²) in [4.78, 5) is 13.8. The maximum atomic E-state index is 4.76. The second kappa shape index (κ2) is 12.3. The van der Waals surface area contributed by atoms with Gasteiger partial charge in [0.25, 0.3) is 0 Å². The van der Waals surface area contributed by atoms with Gasteiger partial charge < -0.3 is 18.8 Å². The topological polar surface area (TPSA) is 47.5 Å². The molecule has 1 aliphatic carbocycles. The first-order chi connectivity index (χ1) is 22.3. The summed E-state index contributed by atoms with van der Waals surface area (Å²) in [5, 5.41) is 6.62. The predicted molar refractivity (Wildman–Crippen MR) is 193 cm³/mol. The Labute approximate surface area is 290 Å². The van der Waals surface area contributed by atoms with Crippen LogP contribution in [0.25, 0.3) is 55.1 Å². The quantitative estimate of drug-likeness (QED) is 0.132. The number of hydrogen-bond donors (Lipinski definition) is 0. The van der Waals surface area contributed by atoms with E-state index < -0.39 is 8.07 Å². The smallest absolute Gasteiger partial charge is 0.0795 e. The molecule has 1 saturated carbocycles. The number of pyridine rings is 2. The zero-order valence-electron chi connectivity index (χ0n) is 27.7. The summed E-state index contributed by atoms with van der Waals surface area (Å²) in [5.74, 6) is 0.808. The summed E-state index contributed by atoms with van der Waals surface area (Å²) in [6.45, 7) is 11.1. The minimum atomic E-state index is -1.24. The van der Waals surface area contributed by atoms with E-state index in [1.807, 2.05) is 22.9 Å². The van der Waals surface area contributed by atoms with Gasteiger partial charge >= 0.3 is 0 Å². The standard InChI is InChI=1S/C25H21N4.C15H18NSi.Ir/c1-15-25-28(14-27-15)24-22-17(10-11-26-24)13-18(12-16-6-2-3-7-16)21-19-8-4-5-9-20(19)29(25)23(21)22;1-12-5-7-13(8-6-12)15-10-9-14(11-16-15)17(2,3)4;/h4-5,8-11,13,16H,2-3,6-7,12H2,1H3;5-7,9-11H,1-4H3;/q2*-1;. The summed E-state index contributed by atoms with van der Waals surface area (Å²) < 4.78 is 4.44. The fourth-order valence-electron chi connectivity index (χ4n) is 7.42. The third-order valence-corrected chi connectivity index (χ3v) is 11.9. The van der Waals surface area contributed by atoms with Gasteiger partial charge in [0.05, 0.1) is 13.7 Å². The van der Waals surface area contributed by atoms with Crippen molar-refractivity contribution in [1.82, 2.24) is 23.8 Å². The van der Waals surface area contributed by atoms with Crippen LogP contribution >= 0.6 is 0 Å². The van der Waals surface area contributed by atoms with Crippen LogP contribution in [0.2, 0.25) is 19.6 Å². The van der Waals surface area contributed by atoms with Crippen LogP contribution in [0, 0.1) is 32.2 Å². The molecule has 5 heterocycles. The van der Waals surface area contributed by atoms with Crippen LogP contribution in [0.5, 0.6) is 0 Å². The summed E-state index contributed by atoms with van der Waals surface area (Å²) in [6, 6.07) is 27.1. The van der Waals surface area contributed by atoms with Gasteiger partial charge in [-0.1, -0.05) is 95.6 Å². The molecule has 7 heteroatoms. The van der Waals surface area contributed by atoms with Crippen LogP contribution in [0.4, 0.5) is 0 Å². The third kappa shape index (κ3) is 5.48. The van der Waals surface area contributed by atoms with Crippen molar-refractivity contribution < 1.29 is 20.1 Å². The van der Waals surface area contributed by atoms with Crippen LogP contribution in [0.1, 0.15) is 42.5 Å². The minimum Gasteiger partial charge on any atom is -0.397 e. The SMILES string of the molecule is Cc1c[c-]c(-c2ccc([Si](C)(C)C)cn2)cc1.Cc1n[c-]n2c3nccc4cc(CC5CCCC5)c5c6ccccc6n(c5c43)c12.[Ir]. The summed E-state index contributed by atoms with van der Waals surface area (Å²) in [5.41, 5.74) is 10.3. The number of rotatable bonds is 4. The molecule has 0 aliphatic heterocycles. The molecule has 0 N–H and O–H groups in total. The number of aromatic nitrogens is 5. The average molecular weight is 810 g/mol. The number of aryl methyl sites for hydroxylation is 2. The van der Waals surface area contributed by atoms with Crippen LogP contribution in [0.3, 0.4) is 0 Å². The van der Waals surface area contributed by atoms with Gasteiger partial charge in [-0.05, 0) is 52.0 Å². The van der Waals surface area contributed by atoms with Gasteiger partial charge in [0, 0.05) is 71.7 Å². The number of nitrogens with zero attached hydrogens (tertiary/aromatic N) is 5. The second-order valence-corrected chi connectivity index (χ2v) is 19.2. The summed E-state index contributed by atoms with van der Waals surface area (Å²) in [6.07, 6.45) is 13.8. The van der Waals surface area contributed by atoms with Crippen molar-refractivity contribution >= 4 is 57.1 Å². The van der Waals surface area contributed by atoms with Crippen LogP contribution in [-0.2, 0) is 26.5 Å². The monoisotopic (exact) mass is 810 g/mol. The van der Waals surface area contributed by atoms with E-state index in [2.05, 4.69) is 121 Å². The summed E-state index contributed by atoms with van der Waals surface area (Å²) >= 11 is 0. The van der Waals surface area contributed by atoms with Crippen molar-refractivity contribution in [3.05, 3.63) is 108 Å². The van der Waals surface area contributed by atoms with Gasteiger partial charge in [-0.2, -0.15) is 0 Å². The largest absolute Gasteiger partial charge is 0.397 e. The fourth-order valence-corrected chi connectivity index (χ4v) is 8.45. The molecule has 5 aromatic heterocycles. The molecule has 1 aliphatic rings. The molecule has 0 amide bonds. The van der Waals surface area contributed by atoms with Crippen molar-refractivity contribution in [3.8, 4) is 11.3 Å². The number of para-hydroxylation sites is 1. The zero-order valence-corrected chi connectivity index (χ0v) is 31.1. The molecule has 8 aromatic rings. The van der Waals surface area contributed by atoms with E-state index in [4.69, 9.17) is 4.98 Å². The van der Waals surface area contributed by atoms with Crippen molar-refractivity contribution in [2.24, 2.45) is 5.92 Å². The molecule has 0 spiro atoms. The molecule has 1 fully saturated rings. The average Bonchev–Trinajstić information content (AvgIpc) is 3.79. The van der Waals surface area contributed by atoms with Gasteiger partial charge in [0.15, 0.2) is 0 Å². The molecule has 1 radical (unpaired) electrons. The van der Waals surface area contributed by atoms with Crippen molar-refractivity contribution in [2.75, 3.05) is 0 Å². The molecule has 0 unspecified atom stereocenters. The molecule has 47 heavy (non-hydrogen) atoms. The van der Waals surface area contributed by atoms with Gasteiger partial charge in [0.1, 0.15) is 0 Å². The Morgan fingerprint density at radius 3 is 2.45 bits per heavy atom. The van der Waals surface area contributed by atoms with Crippen molar-refractivity contribution in [3.63, 3.8) is 0 Å². The third-order valence-electron chi connectivity index (χ3n) is 9.86. The van der Waals surface area contributed by atoms with E-state index in [0.29, 0.717) is 0 Å². The first-order valence-corrected chi connectivity index (χ1v) is 20.0. The Bertz CT molecular complexity index is 2340. The number of imidazole rings is 1. The van der Waals surface area contributed by atoms with E-state index in [-0.39, 0.29) is 20.1 Å². The van der Waals surface area contributed by atoms with Crippen molar-refractivity contribution in [1.29, 1.82) is 0 Å². The number of fused-ring (bicyclic) bond motifs is 6. The van der Waals surface area contributed by atoms with Gasteiger partial charge in [-0.15, -0.1) is 35.4 Å². The normalized spacial score (nSPS) is 14.0. The Kier molecular flexibility index (Phi) is 8.28. The Morgan fingerprint density at radius 2 is 1.72 bits per heavy atom. The first-order valence-electron chi connectivity index (χ1n) is 16.5. The molecule has 0 atom stereocenters. The first kappa shape index (κ1) is 31.7. The van der Waals surface area contributed by atoms with Gasteiger partial charge in [0.2, 0.25) is 0 Å². The maximum Gasteiger partial charge on any atom is 0.0795 e. The maximum absolute atomic E-state index is 4.76. The van der Waals surface area contributed by atoms with Gasteiger partial charge in [-0.3, -0.25) is 4.98 Å². The van der Waals surface area contributed by atoms with E-state index in [1.54, 1.807) is 0 Å². The Hall–Kier alpha value is -3.90. The fraction of sp³-hybridized carbons (Fsp3) is 0.275. The van der Waals surface area contributed by atoms with E-state index in [1.165, 1.54) is 81.0 Å². The van der Waals surface area contributed by atoms with Gasteiger partial charge in [-0.25, -0.2) is 0 Å². The molecular weight excluding hydrogens is 771 g/mol. The minimum absolute atomic E-state index is 0. The molecule has 0 saturated heterocycles. The molecular formula is C40H39IrN5Si-2. The van der Waals surface area contributed by atoms with E-state index in [0.717, 1.165) is 34.2 Å². The molecule has 3 aromatic carbocycles. The summed E-state index contributed by atoms with van der Waals surface area (Å²) in [7, 11) is -1.24. The molecule has 239 valence electrons. The molecule has 0 bridgehead atoms. The van der Waals surface area contributed by atoms with Crippen LogP contribution in [0.15, 0.2) is 79.1 Å². The number of benzene rings is 3. The van der Waals surface area contributed by atoms with E-state index >= 15 is 0 Å².